The van der Waals surface area contributed by atoms with Crippen LogP contribution >= 0.6 is 0 Å². The number of hydrogen-bond acceptors (Lipinski definition) is 2. The molecule has 3 atom stereocenters. The van der Waals surface area contributed by atoms with Crippen molar-refractivity contribution in [2.45, 2.75) is 38.6 Å². The van der Waals surface area contributed by atoms with E-state index < -0.39 is 17.8 Å². The van der Waals surface area contributed by atoms with Crippen LogP contribution in [-0.2, 0) is 9.59 Å². The van der Waals surface area contributed by atoms with E-state index in [1.807, 2.05) is 19.1 Å². The molecule has 17 heavy (non-hydrogen) atoms. The molecule has 0 heterocycles. The number of carbonyl (C=O) groups excluding carboxylic acids is 1. The number of carboxylic acids is 1. The zero-order valence-electron chi connectivity index (χ0n) is 10.1. The fraction of sp³-hybridized carbons (Fsp3) is 0.692. The van der Waals surface area contributed by atoms with Gasteiger partial charge in [0.05, 0.1) is 11.8 Å². The van der Waals surface area contributed by atoms with Gasteiger partial charge >= 0.3 is 5.97 Å². The zero-order valence-corrected chi connectivity index (χ0v) is 10.1. The molecule has 1 saturated carbocycles. The van der Waals surface area contributed by atoms with Gasteiger partial charge in [-0.25, -0.2) is 0 Å². The van der Waals surface area contributed by atoms with Gasteiger partial charge < -0.3 is 10.4 Å². The normalized spacial score (nSPS) is 29.7. The van der Waals surface area contributed by atoms with E-state index >= 15 is 0 Å². The molecule has 2 rings (SSSR count). The van der Waals surface area contributed by atoms with Crippen LogP contribution in [0.25, 0.3) is 0 Å². The smallest absolute Gasteiger partial charge is 0.307 e. The van der Waals surface area contributed by atoms with Crippen LogP contribution in [-0.4, -0.2) is 23.0 Å². The molecule has 0 radical (unpaired) electrons. The summed E-state index contributed by atoms with van der Waals surface area (Å²) in [5.74, 6) is -1.33. The van der Waals surface area contributed by atoms with Gasteiger partial charge in [0.25, 0.3) is 0 Å². The first-order chi connectivity index (χ1) is 8.09. The maximum atomic E-state index is 12.0. The number of hydrogen-bond donors (Lipinski definition) is 2. The van der Waals surface area contributed by atoms with Gasteiger partial charge in [-0.2, -0.15) is 0 Å². The summed E-state index contributed by atoms with van der Waals surface area (Å²) in [6.45, 7) is 2.00. The van der Waals surface area contributed by atoms with E-state index in [0.29, 0.717) is 18.8 Å². The largest absolute Gasteiger partial charge is 0.481 e. The third-order valence-electron chi connectivity index (χ3n) is 3.79. The van der Waals surface area contributed by atoms with Gasteiger partial charge in [0.15, 0.2) is 0 Å². The average Bonchev–Trinajstić information content (AvgIpc) is 3.12. The van der Waals surface area contributed by atoms with Crippen LogP contribution in [0.4, 0.5) is 0 Å². The monoisotopic (exact) mass is 237 g/mol. The van der Waals surface area contributed by atoms with E-state index in [1.54, 1.807) is 0 Å². The number of carbonyl (C=O) groups is 2. The lowest BCUT2D eigenvalue weighted by Crippen LogP contribution is -2.43. The number of carboxylic acid groups (broad SMARTS) is 1. The van der Waals surface area contributed by atoms with Gasteiger partial charge in [0.2, 0.25) is 5.91 Å². The third-order valence-corrected chi connectivity index (χ3v) is 3.79. The lowest BCUT2D eigenvalue weighted by atomic mass is 9.82. The molecule has 2 aliphatic carbocycles. The van der Waals surface area contributed by atoms with Gasteiger partial charge in [0, 0.05) is 6.04 Å². The summed E-state index contributed by atoms with van der Waals surface area (Å²) in [4.78, 5) is 23.1. The van der Waals surface area contributed by atoms with Gasteiger partial charge in [0.1, 0.15) is 0 Å². The van der Waals surface area contributed by atoms with Crippen molar-refractivity contribution in [2.24, 2.45) is 17.8 Å². The Labute approximate surface area is 101 Å². The maximum absolute atomic E-state index is 12.0. The van der Waals surface area contributed by atoms with Crippen molar-refractivity contribution in [1.29, 1.82) is 0 Å². The standard InChI is InChI=1S/C13H19NO3/c1-8(9-6-7-9)14-12(15)10-4-2-3-5-11(10)13(16)17/h2-3,8-11H,4-7H2,1H3,(H,14,15)(H,16,17)/t8?,10-,11+/m1/s1. The first-order valence-electron chi connectivity index (χ1n) is 6.27. The van der Waals surface area contributed by atoms with E-state index in [1.165, 1.54) is 12.8 Å². The molecule has 0 aromatic rings. The molecule has 0 spiro atoms. The average molecular weight is 237 g/mol. The van der Waals surface area contributed by atoms with Crippen molar-refractivity contribution < 1.29 is 14.7 Å². The van der Waals surface area contributed by atoms with Gasteiger partial charge in [-0.3, -0.25) is 9.59 Å². The predicted octanol–water partition coefficient (Wildman–Crippen LogP) is 1.57. The Hall–Kier alpha value is -1.32. The Bertz CT molecular complexity index is 347. The molecule has 94 valence electrons. The summed E-state index contributed by atoms with van der Waals surface area (Å²) in [6, 6.07) is 0.183. The highest BCUT2D eigenvalue weighted by atomic mass is 16.4. The number of amides is 1. The molecule has 0 bridgehead atoms. The molecule has 1 amide bonds. The first kappa shape index (κ1) is 12.1. The Kier molecular flexibility index (Phi) is 3.50. The SMILES string of the molecule is CC(NC(=O)[C@@H]1CC=CC[C@@H]1C(=O)O)C1CC1. The fourth-order valence-electron chi connectivity index (χ4n) is 2.42. The van der Waals surface area contributed by atoms with Crippen molar-refractivity contribution in [3.05, 3.63) is 12.2 Å². The van der Waals surface area contributed by atoms with E-state index in [-0.39, 0.29) is 11.9 Å². The Morgan fingerprint density at radius 1 is 1.24 bits per heavy atom. The van der Waals surface area contributed by atoms with Crippen LogP contribution in [0.1, 0.15) is 32.6 Å². The summed E-state index contributed by atoms with van der Waals surface area (Å²) < 4.78 is 0. The molecular weight excluding hydrogens is 218 g/mol. The molecule has 0 aromatic heterocycles. The van der Waals surface area contributed by atoms with E-state index in [0.717, 1.165) is 0 Å². The van der Waals surface area contributed by atoms with E-state index in [2.05, 4.69) is 5.32 Å². The molecule has 2 N–H and O–H groups in total. The highest BCUT2D eigenvalue weighted by Crippen LogP contribution is 2.33. The third kappa shape index (κ3) is 2.87. The van der Waals surface area contributed by atoms with Crippen LogP contribution in [0.15, 0.2) is 12.2 Å². The Morgan fingerprint density at radius 3 is 2.35 bits per heavy atom. The minimum atomic E-state index is -0.867. The zero-order chi connectivity index (χ0) is 12.4. The number of nitrogens with one attached hydrogen (secondary N) is 1. The molecule has 0 aliphatic heterocycles. The van der Waals surface area contributed by atoms with Crippen molar-refractivity contribution in [3.8, 4) is 0 Å². The first-order valence-corrected chi connectivity index (χ1v) is 6.27. The minimum absolute atomic E-state index is 0.0962. The van der Waals surface area contributed by atoms with Crippen LogP contribution in [0, 0.1) is 17.8 Å². The van der Waals surface area contributed by atoms with Crippen LogP contribution in [0.2, 0.25) is 0 Å². The van der Waals surface area contributed by atoms with E-state index in [4.69, 9.17) is 5.11 Å². The minimum Gasteiger partial charge on any atom is -0.481 e. The number of allylic oxidation sites excluding steroid dienone is 2. The van der Waals surface area contributed by atoms with Crippen molar-refractivity contribution >= 4 is 11.9 Å². The highest BCUT2D eigenvalue weighted by molar-refractivity contribution is 5.85. The highest BCUT2D eigenvalue weighted by Gasteiger charge is 2.36. The molecular formula is C13H19NO3. The Morgan fingerprint density at radius 2 is 1.82 bits per heavy atom. The predicted molar refractivity (Wildman–Crippen MR) is 63.3 cm³/mol. The molecule has 4 nitrogen and oxygen atoms in total. The molecule has 0 aromatic carbocycles. The second-order valence-corrected chi connectivity index (χ2v) is 5.13. The molecule has 0 saturated heterocycles. The summed E-state index contributed by atoms with van der Waals surface area (Å²) >= 11 is 0. The van der Waals surface area contributed by atoms with Gasteiger partial charge in [-0.15, -0.1) is 0 Å². The summed E-state index contributed by atoms with van der Waals surface area (Å²) in [5, 5.41) is 12.1. The van der Waals surface area contributed by atoms with Crippen LogP contribution in [0.3, 0.4) is 0 Å². The van der Waals surface area contributed by atoms with E-state index in [9.17, 15) is 9.59 Å². The molecule has 1 fully saturated rings. The van der Waals surface area contributed by atoms with Crippen LogP contribution in [0.5, 0.6) is 0 Å². The number of rotatable bonds is 4. The number of aliphatic carboxylic acids is 1. The summed E-state index contributed by atoms with van der Waals surface area (Å²) in [7, 11) is 0. The maximum Gasteiger partial charge on any atom is 0.307 e. The molecule has 2 aliphatic rings. The Balaban J connectivity index is 1.96. The lowest BCUT2D eigenvalue weighted by Gasteiger charge is -2.26. The molecule has 1 unspecified atom stereocenters. The second kappa shape index (κ2) is 4.90. The van der Waals surface area contributed by atoms with Crippen molar-refractivity contribution in [3.63, 3.8) is 0 Å². The van der Waals surface area contributed by atoms with Gasteiger partial charge in [-0.1, -0.05) is 12.2 Å². The topological polar surface area (TPSA) is 66.4 Å². The second-order valence-electron chi connectivity index (χ2n) is 5.13. The van der Waals surface area contributed by atoms with Crippen molar-refractivity contribution in [2.75, 3.05) is 0 Å². The lowest BCUT2D eigenvalue weighted by molar-refractivity contribution is -0.147. The van der Waals surface area contributed by atoms with Crippen molar-refractivity contribution in [1.82, 2.24) is 5.32 Å². The van der Waals surface area contributed by atoms with Crippen LogP contribution < -0.4 is 5.32 Å². The summed E-state index contributed by atoms with van der Waals surface area (Å²) in [6.07, 6.45) is 7.12. The quantitative estimate of drug-likeness (QED) is 0.729. The van der Waals surface area contributed by atoms with Gasteiger partial charge in [-0.05, 0) is 38.5 Å². The fourth-order valence-corrected chi connectivity index (χ4v) is 2.42. The molecule has 4 heteroatoms. The summed E-state index contributed by atoms with van der Waals surface area (Å²) in [5.41, 5.74) is 0.